The first kappa shape index (κ1) is 24.9. The van der Waals surface area contributed by atoms with Crippen molar-refractivity contribution in [1.29, 1.82) is 0 Å². The molecule has 2 aliphatic heterocycles. The van der Waals surface area contributed by atoms with E-state index in [2.05, 4.69) is 20.0 Å². The van der Waals surface area contributed by atoms with Crippen LogP contribution >= 0.6 is 22.9 Å². The number of rotatable bonds is 5. The summed E-state index contributed by atoms with van der Waals surface area (Å²) in [5.74, 6) is -0.870. The Kier molecular flexibility index (Phi) is 6.34. The first-order valence-electron chi connectivity index (χ1n) is 11.8. The number of benzene rings is 1. The van der Waals surface area contributed by atoms with Crippen LogP contribution in [0.25, 0.3) is 22.1 Å². The van der Waals surface area contributed by atoms with E-state index >= 15 is 0 Å². The lowest BCUT2D eigenvalue weighted by molar-refractivity contribution is -0.0645. The van der Waals surface area contributed by atoms with Gasteiger partial charge in [-0.1, -0.05) is 11.6 Å². The fourth-order valence-electron chi connectivity index (χ4n) is 5.25. The number of aromatic amines is 1. The minimum absolute atomic E-state index is 0.0516. The van der Waals surface area contributed by atoms with Gasteiger partial charge in [-0.05, 0) is 18.2 Å². The highest BCUT2D eigenvalue weighted by Gasteiger charge is 2.42. The van der Waals surface area contributed by atoms with Crippen molar-refractivity contribution < 1.29 is 18.7 Å². The normalized spacial score (nSPS) is 18.8. The highest BCUT2D eigenvalue weighted by atomic mass is 35.5. The Morgan fingerprint density at radius 2 is 2.18 bits per heavy atom. The maximum absolute atomic E-state index is 13.9. The van der Waals surface area contributed by atoms with Crippen molar-refractivity contribution in [3.63, 3.8) is 0 Å². The molecule has 4 aromatic rings. The largest absolute Gasteiger partial charge is 0.465 e. The molecule has 2 atom stereocenters. The number of ether oxygens (including phenoxy) is 2. The number of hydrogen-bond acceptors (Lipinski definition) is 9. The van der Waals surface area contributed by atoms with Crippen molar-refractivity contribution in [3.8, 4) is 22.1 Å². The molecule has 196 valence electrons. The highest BCUT2D eigenvalue weighted by Crippen LogP contribution is 2.38. The summed E-state index contributed by atoms with van der Waals surface area (Å²) in [6.45, 7) is 0.999. The summed E-state index contributed by atoms with van der Waals surface area (Å²) in [4.78, 5) is 41.9. The van der Waals surface area contributed by atoms with E-state index in [4.69, 9.17) is 26.1 Å². The number of thiazole rings is 1. The number of methoxy groups -OCH3 is 1. The Bertz CT molecular complexity index is 1600. The van der Waals surface area contributed by atoms with Crippen molar-refractivity contribution in [2.75, 3.05) is 20.3 Å². The number of carbonyl (C=O) groups excluding carboxylic acids is 1. The molecule has 1 N–H and O–H groups in total. The van der Waals surface area contributed by atoms with Crippen LogP contribution in [-0.2, 0) is 29.5 Å². The Morgan fingerprint density at radius 3 is 2.92 bits per heavy atom. The number of aryl methyl sites for hydroxylation is 1. The molecule has 5 heterocycles. The van der Waals surface area contributed by atoms with Gasteiger partial charge in [0.25, 0.3) is 5.56 Å². The number of esters is 1. The zero-order valence-corrected chi connectivity index (χ0v) is 22.0. The minimum Gasteiger partial charge on any atom is -0.465 e. The molecule has 1 fully saturated rings. The number of hydrogen-bond donors (Lipinski definition) is 1. The minimum atomic E-state index is -0.655. The molecule has 38 heavy (non-hydrogen) atoms. The third kappa shape index (κ3) is 4.13. The van der Waals surface area contributed by atoms with Gasteiger partial charge in [-0.3, -0.25) is 19.5 Å². The Hall–Kier alpha value is -3.45. The van der Waals surface area contributed by atoms with Crippen LogP contribution in [0, 0.1) is 5.82 Å². The van der Waals surface area contributed by atoms with Crippen LogP contribution in [0.15, 0.2) is 34.6 Å². The summed E-state index contributed by atoms with van der Waals surface area (Å²) in [6.07, 6.45) is 2.23. The predicted octanol–water partition coefficient (Wildman–Crippen LogP) is 3.37. The van der Waals surface area contributed by atoms with Gasteiger partial charge in [-0.25, -0.2) is 24.1 Å². The number of aromatic nitrogens is 5. The molecular weight excluding hydrogens is 535 g/mol. The molecular formula is C25H22ClFN6O4S. The molecule has 1 aromatic carbocycles. The zero-order chi connectivity index (χ0) is 26.6. The maximum atomic E-state index is 13.9. The van der Waals surface area contributed by atoms with Crippen LogP contribution in [0.2, 0.25) is 5.02 Å². The highest BCUT2D eigenvalue weighted by molar-refractivity contribution is 7.13. The van der Waals surface area contributed by atoms with Gasteiger partial charge in [-0.15, -0.1) is 11.3 Å². The average Bonchev–Trinajstić information content (AvgIpc) is 3.51. The summed E-state index contributed by atoms with van der Waals surface area (Å²) in [5.41, 5.74) is 2.52. The fourth-order valence-corrected chi connectivity index (χ4v) is 6.07. The monoisotopic (exact) mass is 556 g/mol. The second-order valence-electron chi connectivity index (χ2n) is 9.11. The number of carbonyl (C=O) groups is 1. The third-order valence-corrected chi connectivity index (χ3v) is 8.04. The molecule has 3 aromatic heterocycles. The average molecular weight is 557 g/mol. The summed E-state index contributed by atoms with van der Waals surface area (Å²) in [7, 11) is 3.10. The number of fused-ring (bicyclic) bond motifs is 4. The van der Waals surface area contributed by atoms with Gasteiger partial charge in [0.05, 0.1) is 48.3 Å². The number of H-pyrrole nitrogens is 1. The summed E-state index contributed by atoms with van der Waals surface area (Å²) >= 11 is 7.77. The van der Waals surface area contributed by atoms with Crippen LogP contribution in [0.1, 0.15) is 33.4 Å². The van der Waals surface area contributed by atoms with E-state index in [1.54, 1.807) is 16.3 Å². The predicted molar refractivity (Wildman–Crippen MR) is 138 cm³/mol. The molecule has 1 unspecified atom stereocenters. The second-order valence-corrected chi connectivity index (χ2v) is 10.4. The fraction of sp³-hybridized carbons (Fsp3) is 0.320. The molecule has 0 amide bonds. The van der Waals surface area contributed by atoms with Crippen molar-refractivity contribution in [3.05, 3.63) is 73.5 Å². The Morgan fingerprint density at radius 1 is 1.34 bits per heavy atom. The van der Waals surface area contributed by atoms with E-state index in [0.717, 1.165) is 5.69 Å². The number of halogens is 2. The molecule has 6 rings (SSSR count). The molecule has 0 saturated carbocycles. The van der Waals surface area contributed by atoms with Crippen LogP contribution in [-0.4, -0.2) is 62.0 Å². The van der Waals surface area contributed by atoms with Crippen molar-refractivity contribution in [1.82, 2.24) is 29.6 Å². The molecule has 2 aliphatic rings. The topological polar surface area (TPSA) is 115 Å². The van der Waals surface area contributed by atoms with Gasteiger partial charge in [0.1, 0.15) is 11.4 Å². The van der Waals surface area contributed by atoms with Crippen LogP contribution in [0.4, 0.5) is 4.39 Å². The van der Waals surface area contributed by atoms with Gasteiger partial charge in [0, 0.05) is 48.9 Å². The third-order valence-electron chi connectivity index (χ3n) is 6.96. The SMILES string of the molecule is COC(=O)c1c(CN2C3COC[C@H]2c2c(n(C)[nH]c2=O)C3)nc(-c2nccs2)nc1-c1ccc(F)cc1Cl. The number of morpholine rings is 1. The van der Waals surface area contributed by atoms with Crippen molar-refractivity contribution in [2.24, 2.45) is 7.05 Å². The van der Waals surface area contributed by atoms with E-state index in [9.17, 15) is 14.0 Å². The Balaban J connectivity index is 1.54. The molecule has 2 bridgehead atoms. The molecule has 0 radical (unpaired) electrons. The van der Waals surface area contributed by atoms with E-state index < -0.39 is 11.8 Å². The lowest BCUT2D eigenvalue weighted by Gasteiger charge is -2.45. The van der Waals surface area contributed by atoms with Gasteiger partial charge >= 0.3 is 5.97 Å². The van der Waals surface area contributed by atoms with E-state index in [0.29, 0.717) is 47.3 Å². The smallest absolute Gasteiger partial charge is 0.342 e. The molecule has 1 saturated heterocycles. The molecule has 0 aliphatic carbocycles. The maximum Gasteiger partial charge on any atom is 0.342 e. The standard InChI is InChI=1S/C25H22ClFN6O4S/c1-32-17-8-13-10-37-11-18(20(17)23(34)31-32)33(13)9-16-19(25(35)36-2)21(14-4-3-12(27)7-15(14)26)30-22(29-16)24-28-5-6-38-24/h3-7,13,18H,8-11H2,1-2H3,(H,31,34)/t13?,18-/m0/s1. The van der Waals surface area contributed by atoms with Gasteiger partial charge < -0.3 is 9.47 Å². The van der Waals surface area contributed by atoms with E-state index in [1.165, 1.54) is 36.6 Å². The van der Waals surface area contributed by atoms with Crippen molar-refractivity contribution >= 4 is 28.9 Å². The molecule has 10 nitrogen and oxygen atoms in total. The van der Waals surface area contributed by atoms with E-state index in [-0.39, 0.29) is 40.5 Å². The first-order valence-corrected chi connectivity index (χ1v) is 13.1. The summed E-state index contributed by atoms with van der Waals surface area (Å²) in [5, 5.41) is 5.29. The number of nitrogens with zero attached hydrogens (tertiary/aromatic N) is 5. The lowest BCUT2D eigenvalue weighted by Crippen LogP contribution is -2.52. The summed E-state index contributed by atoms with van der Waals surface area (Å²) in [6, 6.07) is 3.51. The van der Waals surface area contributed by atoms with Crippen LogP contribution < -0.4 is 5.56 Å². The van der Waals surface area contributed by atoms with Crippen molar-refractivity contribution in [2.45, 2.75) is 25.0 Å². The second kappa shape index (κ2) is 9.70. The first-order chi connectivity index (χ1) is 18.4. The van der Waals surface area contributed by atoms with E-state index in [1.807, 2.05) is 7.05 Å². The number of nitrogens with one attached hydrogen (secondary N) is 1. The quantitative estimate of drug-likeness (QED) is 0.372. The van der Waals surface area contributed by atoms with Gasteiger partial charge in [0.2, 0.25) is 0 Å². The Labute approximate surface area is 225 Å². The van der Waals surface area contributed by atoms with Gasteiger partial charge in [0.15, 0.2) is 10.8 Å². The molecule has 0 spiro atoms. The summed E-state index contributed by atoms with van der Waals surface area (Å²) < 4.78 is 26.6. The zero-order valence-electron chi connectivity index (χ0n) is 20.4. The lowest BCUT2D eigenvalue weighted by atomic mass is 9.91. The van der Waals surface area contributed by atoms with Crippen LogP contribution in [0.5, 0.6) is 0 Å². The van der Waals surface area contributed by atoms with Gasteiger partial charge in [-0.2, -0.15) is 0 Å². The molecule has 13 heteroatoms. The van der Waals surface area contributed by atoms with Crippen LogP contribution in [0.3, 0.4) is 0 Å².